The van der Waals surface area contributed by atoms with Gasteiger partial charge >= 0.3 is 0 Å². The van der Waals surface area contributed by atoms with Gasteiger partial charge in [-0.05, 0) is 47.0 Å². The molecule has 2 heterocycles. The molecule has 0 radical (unpaired) electrons. The second kappa shape index (κ2) is 10.3. The Labute approximate surface area is 216 Å². The minimum Gasteiger partial charge on any atom is -0.378 e. The lowest BCUT2D eigenvalue weighted by molar-refractivity contribution is -0.139. The molecule has 0 bridgehead atoms. The van der Waals surface area contributed by atoms with Gasteiger partial charge in [-0.15, -0.1) is 0 Å². The summed E-state index contributed by atoms with van der Waals surface area (Å²) in [5.41, 5.74) is 5.77. The predicted molar refractivity (Wildman–Crippen MR) is 144 cm³/mol. The number of likely N-dealkylation sites (tertiary alicyclic amines) is 1. The lowest BCUT2D eigenvalue weighted by atomic mass is 9.90. The molecule has 2 N–H and O–H groups in total. The molecule has 1 unspecified atom stereocenters. The summed E-state index contributed by atoms with van der Waals surface area (Å²) >= 11 is 0. The first-order chi connectivity index (χ1) is 17.9. The maximum absolute atomic E-state index is 13.1. The molecule has 1 aliphatic heterocycles. The van der Waals surface area contributed by atoms with E-state index in [0.717, 1.165) is 33.3 Å². The van der Waals surface area contributed by atoms with E-state index in [2.05, 4.69) is 51.6 Å². The van der Waals surface area contributed by atoms with Crippen molar-refractivity contribution in [2.24, 2.45) is 0 Å². The molecule has 7 nitrogen and oxygen atoms in total. The van der Waals surface area contributed by atoms with E-state index in [-0.39, 0.29) is 43.0 Å². The highest BCUT2D eigenvalue weighted by Gasteiger charge is 2.28. The summed E-state index contributed by atoms with van der Waals surface area (Å²) in [7, 11) is 4.02. The largest absolute Gasteiger partial charge is 0.378 e. The van der Waals surface area contributed by atoms with Crippen molar-refractivity contribution in [3.05, 3.63) is 101 Å². The first kappa shape index (κ1) is 24.3. The van der Waals surface area contributed by atoms with Crippen molar-refractivity contribution in [2.75, 3.05) is 25.5 Å². The van der Waals surface area contributed by atoms with Gasteiger partial charge in [0.05, 0.1) is 6.54 Å². The second-order valence-electron chi connectivity index (χ2n) is 9.61. The summed E-state index contributed by atoms with van der Waals surface area (Å²) in [5.74, 6) is -0.500. The van der Waals surface area contributed by atoms with Gasteiger partial charge in [-0.2, -0.15) is 0 Å². The number of para-hydroxylation sites is 1. The second-order valence-corrected chi connectivity index (χ2v) is 9.61. The van der Waals surface area contributed by atoms with E-state index in [1.54, 1.807) is 24.3 Å². The number of carbonyl (C=O) groups is 3. The van der Waals surface area contributed by atoms with Crippen LogP contribution in [0.25, 0.3) is 10.9 Å². The van der Waals surface area contributed by atoms with E-state index in [0.29, 0.717) is 12.1 Å². The fourth-order valence-electron chi connectivity index (χ4n) is 4.83. The SMILES string of the molecule is CN(C)c1ccc(C(CNC(=O)c2ccc(CN3C(=O)CCC3=O)cc2)c2c[nH]c3ccccc23)cc1. The Balaban J connectivity index is 1.33. The molecule has 1 saturated heterocycles. The third-order valence-corrected chi connectivity index (χ3v) is 6.99. The van der Waals surface area contributed by atoms with Crippen molar-refractivity contribution >= 4 is 34.3 Å². The highest BCUT2D eigenvalue weighted by atomic mass is 16.2. The fourth-order valence-corrected chi connectivity index (χ4v) is 4.83. The van der Waals surface area contributed by atoms with Gasteiger partial charge in [-0.1, -0.05) is 42.5 Å². The highest BCUT2D eigenvalue weighted by molar-refractivity contribution is 6.01. The van der Waals surface area contributed by atoms with Gasteiger partial charge < -0.3 is 15.2 Å². The molecule has 1 fully saturated rings. The average molecular weight is 495 g/mol. The fraction of sp³-hybridized carbons (Fsp3) is 0.233. The zero-order chi connectivity index (χ0) is 25.9. The Morgan fingerprint density at radius 1 is 0.946 bits per heavy atom. The van der Waals surface area contributed by atoms with E-state index in [4.69, 9.17) is 0 Å². The molecule has 0 saturated carbocycles. The number of anilines is 1. The molecule has 188 valence electrons. The Hall–Kier alpha value is -4.39. The van der Waals surface area contributed by atoms with E-state index in [1.165, 1.54) is 4.90 Å². The number of benzene rings is 3. The topological polar surface area (TPSA) is 85.5 Å². The number of fused-ring (bicyclic) bond motifs is 1. The molecule has 0 spiro atoms. The van der Waals surface area contributed by atoms with Crippen LogP contribution in [0.2, 0.25) is 0 Å². The van der Waals surface area contributed by atoms with E-state index >= 15 is 0 Å². The molecular weight excluding hydrogens is 464 g/mol. The normalized spacial score (nSPS) is 14.3. The van der Waals surface area contributed by atoms with Crippen molar-refractivity contribution < 1.29 is 14.4 Å². The standard InChI is InChI=1S/C30H30N4O3/c1-33(2)23-13-11-21(12-14-23)25(26-18-31-27-6-4-3-5-24(26)27)17-32-30(37)22-9-7-20(8-10-22)19-34-28(35)15-16-29(34)36/h3-14,18,25,31H,15-17,19H2,1-2H3,(H,32,37). The van der Waals surface area contributed by atoms with Gasteiger partial charge in [0.1, 0.15) is 0 Å². The Bertz CT molecular complexity index is 1420. The molecule has 3 amide bonds. The number of nitrogens with one attached hydrogen (secondary N) is 2. The number of hydrogen-bond acceptors (Lipinski definition) is 4. The van der Waals surface area contributed by atoms with Crippen molar-refractivity contribution in [1.29, 1.82) is 0 Å². The Morgan fingerprint density at radius 2 is 1.62 bits per heavy atom. The van der Waals surface area contributed by atoms with Gasteiger partial charge in [-0.3, -0.25) is 19.3 Å². The van der Waals surface area contributed by atoms with Gasteiger partial charge in [0.15, 0.2) is 0 Å². The third-order valence-electron chi connectivity index (χ3n) is 6.99. The van der Waals surface area contributed by atoms with Crippen LogP contribution >= 0.6 is 0 Å². The molecule has 37 heavy (non-hydrogen) atoms. The summed E-state index contributed by atoms with van der Waals surface area (Å²) in [6.07, 6.45) is 2.57. The number of carbonyl (C=O) groups excluding carboxylic acids is 3. The van der Waals surface area contributed by atoms with Crippen molar-refractivity contribution in [2.45, 2.75) is 25.3 Å². The van der Waals surface area contributed by atoms with Crippen LogP contribution in [0.15, 0.2) is 79.0 Å². The lowest BCUT2D eigenvalue weighted by Crippen LogP contribution is -2.29. The molecule has 1 aromatic heterocycles. The van der Waals surface area contributed by atoms with E-state index < -0.39 is 0 Å². The van der Waals surface area contributed by atoms with Crippen LogP contribution in [0.4, 0.5) is 5.69 Å². The molecule has 1 aliphatic rings. The van der Waals surface area contributed by atoms with Gasteiger partial charge in [0, 0.05) is 67.8 Å². The highest BCUT2D eigenvalue weighted by Crippen LogP contribution is 2.31. The molecule has 3 aromatic carbocycles. The monoisotopic (exact) mass is 494 g/mol. The predicted octanol–water partition coefficient (Wildman–Crippen LogP) is 4.44. The van der Waals surface area contributed by atoms with Crippen LogP contribution < -0.4 is 10.2 Å². The quantitative estimate of drug-likeness (QED) is 0.355. The number of nitrogens with zero attached hydrogens (tertiary/aromatic N) is 2. The number of imide groups is 1. The zero-order valence-electron chi connectivity index (χ0n) is 21.0. The van der Waals surface area contributed by atoms with Crippen molar-refractivity contribution in [1.82, 2.24) is 15.2 Å². The van der Waals surface area contributed by atoms with Crippen LogP contribution in [-0.4, -0.2) is 48.2 Å². The third kappa shape index (κ3) is 5.11. The minimum atomic E-state index is -0.172. The average Bonchev–Trinajstić information content (AvgIpc) is 3.48. The van der Waals surface area contributed by atoms with Crippen molar-refractivity contribution in [3.63, 3.8) is 0 Å². The zero-order valence-corrected chi connectivity index (χ0v) is 21.0. The molecule has 5 rings (SSSR count). The molecule has 0 aliphatic carbocycles. The number of rotatable bonds is 8. The van der Waals surface area contributed by atoms with Crippen molar-refractivity contribution in [3.8, 4) is 0 Å². The Morgan fingerprint density at radius 3 is 2.30 bits per heavy atom. The number of aromatic amines is 1. The number of hydrogen-bond donors (Lipinski definition) is 2. The van der Waals surface area contributed by atoms with Crippen LogP contribution in [0.1, 0.15) is 45.8 Å². The molecular formula is C30H30N4O3. The summed E-state index contributed by atoms with van der Waals surface area (Å²) in [4.78, 5) is 43.6. The lowest BCUT2D eigenvalue weighted by Gasteiger charge is -2.20. The number of amides is 3. The van der Waals surface area contributed by atoms with E-state index in [9.17, 15) is 14.4 Å². The maximum atomic E-state index is 13.1. The summed E-state index contributed by atoms with van der Waals surface area (Å²) in [6, 6.07) is 23.7. The summed E-state index contributed by atoms with van der Waals surface area (Å²) < 4.78 is 0. The molecule has 4 aromatic rings. The minimum absolute atomic E-state index is 0.0391. The van der Waals surface area contributed by atoms with Gasteiger partial charge in [-0.25, -0.2) is 0 Å². The van der Waals surface area contributed by atoms with E-state index in [1.807, 2.05) is 32.4 Å². The summed E-state index contributed by atoms with van der Waals surface area (Å²) in [5, 5.41) is 4.25. The van der Waals surface area contributed by atoms with Crippen LogP contribution in [0.5, 0.6) is 0 Å². The molecule has 7 heteroatoms. The summed E-state index contributed by atoms with van der Waals surface area (Å²) in [6.45, 7) is 0.672. The van der Waals surface area contributed by atoms with Gasteiger partial charge in [0.25, 0.3) is 5.91 Å². The Kier molecular flexibility index (Phi) is 6.77. The maximum Gasteiger partial charge on any atom is 0.251 e. The van der Waals surface area contributed by atoms with Crippen LogP contribution in [0, 0.1) is 0 Å². The number of aromatic nitrogens is 1. The first-order valence-corrected chi connectivity index (χ1v) is 12.4. The number of H-pyrrole nitrogens is 1. The first-order valence-electron chi connectivity index (χ1n) is 12.4. The van der Waals surface area contributed by atoms with Crippen LogP contribution in [-0.2, 0) is 16.1 Å². The van der Waals surface area contributed by atoms with Gasteiger partial charge in [0.2, 0.25) is 11.8 Å². The van der Waals surface area contributed by atoms with Crippen LogP contribution in [0.3, 0.4) is 0 Å². The smallest absolute Gasteiger partial charge is 0.251 e. The molecule has 1 atom stereocenters.